The summed E-state index contributed by atoms with van der Waals surface area (Å²) in [5, 5.41) is 2.85. The van der Waals surface area contributed by atoms with Gasteiger partial charge >= 0.3 is 0 Å². The van der Waals surface area contributed by atoms with Crippen LogP contribution in [-0.4, -0.2) is 14.4 Å². The van der Waals surface area contributed by atoms with Crippen molar-refractivity contribution < 1.29 is 0 Å². The lowest BCUT2D eigenvalue weighted by molar-refractivity contribution is 1.15. The maximum atomic E-state index is 13.6. The van der Waals surface area contributed by atoms with Gasteiger partial charge in [-0.25, -0.2) is 0 Å². The summed E-state index contributed by atoms with van der Waals surface area (Å²) in [6.07, 6.45) is 0. The monoisotopic (exact) mass is 425 g/mol. The summed E-state index contributed by atoms with van der Waals surface area (Å²) in [5.41, 5.74) is 7.88. The number of nitrogens with one attached hydrogen (secondary N) is 2. The van der Waals surface area contributed by atoms with Gasteiger partial charge in [-0.05, 0) is 29.8 Å². The number of fused-ring (bicyclic) bond motifs is 5. The zero-order valence-corrected chi connectivity index (χ0v) is 17.7. The van der Waals surface area contributed by atoms with Crippen molar-refractivity contribution >= 4 is 38.4 Å². The van der Waals surface area contributed by atoms with Crippen LogP contribution in [0.3, 0.4) is 0 Å². The Bertz CT molecular complexity index is 1890. The molecule has 0 aliphatic heterocycles. The van der Waals surface area contributed by atoms with Crippen LogP contribution in [-0.2, 0) is 0 Å². The highest BCUT2D eigenvalue weighted by atomic mass is 16.1. The van der Waals surface area contributed by atoms with Crippen molar-refractivity contribution in [2.75, 3.05) is 0 Å². The van der Waals surface area contributed by atoms with Crippen LogP contribution in [0.4, 0.5) is 0 Å². The number of nitrogens with zero attached hydrogens (tertiary/aromatic N) is 1. The molecular weight excluding hydrogens is 406 g/mol. The molecule has 0 atom stereocenters. The lowest BCUT2D eigenvalue weighted by atomic mass is 9.97. The molecule has 0 aliphatic rings. The summed E-state index contributed by atoms with van der Waals surface area (Å²) in [4.78, 5) is 20.9. The Morgan fingerprint density at radius 3 is 1.94 bits per heavy atom. The first-order valence-corrected chi connectivity index (χ1v) is 11.0. The number of hydrogen-bond acceptors (Lipinski definition) is 1. The summed E-state index contributed by atoms with van der Waals surface area (Å²) >= 11 is 0. The van der Waals surface area contributed by atoms with Crippen molar-refractivity contribution in [1.29, 1.82) is 0 Å². The van der Waals surface area contributed by atoms with Gasteiger partial charge in [0.1, 0.15) is 5.65 Å². The van der Waals surface area contributed by atoms with E-state index in [0.29, 0.717) is 5.39 Å². The molecule has 7 rings (SSSR count). The summed E-state index contributed by atoms with van der Waals surface area (Å²) in [5.74, 6) is 0. The summed E-state index contributed by atoms with van der Waals surface area (Å²) in [7, 11) is 0. The van der Waals surface area contributed by atoms with Crippen LogP contribution in [0.2, 0.25) is 0 Å². The maximum absolute atomic E-state index is 13.6. The summed E-state index contributed by atoms with van der Waals surface area (Å²) < 4.78 is 1.82. The van der Waals surface area contributed by atoms with Crippen molar-refractivity contribution in [3.05, 3.63) is 113 Å². The van der Waals surface area contributed by atoms with Crippen molar-refractivity contribution in [2.24, 2.45) is 0 Å². The quantitative estimate of drug-likeness (QED) is 0.316. The average molecular weight is 425 g/mol. The normalized spacial score (nSPS) is 11.8. The molecule has 0 radical (unpaired) electrons. The minimum absolute atomic E-state index is 0.0112. The van der Waals surface area contributed by atoms with E-state index >= 15 is 0 Å². The molecule has 4 nitrogen and oxygen atoms in total. The standard InChI is InChI=1S/C29H19N3O/c33-29-20-13-5-8-16-23(20)31-28-26(21-14-6-9-17-24(21)32(28)29)25-19-12-4-7-15-22(19)30-27(25)18-10-2-1-3-11-18/h1-17,30-31H. The molecule has 2 N–H and O–H groups in total. The maximum Gasteiger partial charge on any atom is 0.266 e. The number of H-pyrrole nitrogens is 2. The van der Waals surface area contributed by atoms with Gasteiger partial charge in [-0.1, -0.05) is 78.9 Å². The predicted octanol–water partition coefficient (Wildman–Crippen LogP) is 6.75. The van der Waals surface area contributed by atoms with Crippen LogP contribution in [0.15, 0.2) is 108 Å². The molecule has 0 saturated heterocycles. The van der Waals surface area contributed by atoms with E-state index in [1.807, 2.05) is 59.0 Å². The van der Waals surface area contributed by atoms with Crippen LogP contribution >= 0.6 is 0 Å². The van der Waals surface area contributed by atoms with E-state index in [4.69, 9.17) is 0 Å². The van der Waals surface area contributed by atoms with Gasteiger partial charge in [0.15, 0.2) is 0 Å². The molecule has 33 heavy (non-hydrogen) atoms. The van der Waals surface area contributed by atoms with Crippen molar-refractivity contribution in [3.63, 3.8) is 0 Å². The average Bonchev–Trinajstić information content (AvgIpc) is 3.40. The molecular formula is C29H19N3O. The van der Waals surface area contributed by atoms with Gasteiger partial charge in [0.2, 0.25) is 0 Å². The second kappa shape index (κ2) is 6.71. The van der Waals surface area contributed by atoms with Crippen molar-refractivity contribution in [2.45, 2.75) is 0 Å². The first-order valence-electron chi connectivity index (χ1n) is 11.0. The number of aromatic nitrogens is 3. The number of benzene rings is 4. The molecule has 7 aromatic rings. The predicted molar refractivity (Wildman–Crippen MR) is 136 cm³/mol. The third-order valence-corrected chi connectivity index (χ3v) is 6.51. The highest BCUT2D eigenvalue weighted by molar-refractivity contribution is 6.15. The summed E-state index contributed by atoms with van der Waals surface area (Å²) in [6, 6.07) is 34.6. The fourth-order valence-electron chi connectivity index (χ4n) is 5.07. The summed E-state index contributed by atoms with van der Waals surface area (Å²) in [6.45, 7) is 0. The van der Waals surface area contributed by atoms with Crippen LogP contribution < -0.4 is 5.56 Å². The molecule has 0 saturated carbocycles. The first-order chi connectivity index (χ1) is 16.3. The zero-order chi connectivity index (χ0) is 21.9. The zero-order valence-electron chi connectivity index (χ0n) is 17.7. The van der Waals surface area contributed by atoms with E-state index in [9.17, 15) is 4.79 Å². The third-order valence-electron chi connectivity index (χ3n) is 6.51. The molecule has 3 heterocycles. The van der Waals surface area contributed by atoms with Gasteiger partial charge < -0.3 is 9.97 Å². The lowest BCUT2D eigenvalue weighted by Gasteiger charge is -2.07. The molecule has 4 heteroatoms. The minimum Gasteiger partial charge on any atom is -0.354 e. The molecule has 0 amide bonds. The fourth-order valence-corrected chi connectivity index (χ4v) is 5.07. The Morgan fingerprint density at radius 2 is 1.15 bits per heavy atom. The van der Waals surface area contributed by atoms with E-state index in [2.05, 4.69) is 58.5 Å². The molecule has 0 spiro atoms. The molecule has 4 aromatic carbocycles. The fraction of sp³-hybridized carbons (Fsp3) is 0. The van der Waals surface area contributed by atoms with Crippen LogP contribution in [0.1, 0.15) is 0 Å². The Labute approximate surface area is 188 Å². The van der Waals surface area contributed by atoms with Crippen molar-refractivity contribution in [3.8, 4) is 22.4 Å². The number of para-hydroxylation sites is 3. The second-order valence-electron chi connectivity index (χ2n) is 8.34. The van der Waals surface area contributed by atoms with E-state index in [-0.39, 0.29) is 5.56 Å². The minimum atomic E-state index is -0.0112. The topological polar surface area (TPSA) is 53.1 Å². The largest absolute Gasteiger partial charge is 0.354 e. The van der Waals surface area contributed by atoms with E-state index in [1.165, 1.54) is 0 Å². The molecule has 0 aliphatic carbocycles. The van der Waals surface area contributed by atoms with Gasteiger partial charge in [-0.2, -0.15) is 0 Å². The van der Waals surface area contributed by atoms with Crippen LogP contribution in [0.5, 0.6) is 0 Å². The number of aromatic amines is 2. The van der Waals surface area contributed by atoms with Gasteiger partial charge in [0.05, 0.1) is 22.1 Å². The Balaban J connectivity index is 1.74. The molecule has 3 aromatic heterocycles. The first kappa shape index (κ1) is 18.0. The molecule has 156 valence electrons. The van der Waals surface area contributed by atoms with Crippen molar-refractivity contribution in [1.82, 2.24) is 14.4 Å². The van der Waals surface area contributed by atoms with Crippen LogP contribution in [0.25, 0.3) is 60.7 Å². The number of hydrogen-bond donors (Lipinski definition) is 2. The van der Waals surface area contributed by atoms with Crippen LogP contribution in [0, 0.1) is 0 Å². The molecule has 0 unspecified atom stereocenters. The SMILES string of the molecule is O=c1c2ccccc2[nH]c2c(-c3c(-c4ccccc4)[nH]c4ccccc34)c3ccccc3n12. The highest BCUT2D eigenvalue weighted by Crippen LogP contribution is 2.43. The Hall–Kier alpha value is -4.57. The smallest absolute Gasteiger partial charge is 0.266 e. The van der Waals surface area contributed by atoms with E-state index in [1.54, 1.807) is 0 Å². The number of rotatable bonds is 2. The Morgan fingerprint density at radius 1 is 0.545 bits per heavy atom. The second-order valence-corrected chi connectivity index (χ2v) is 8.34. The third kappa shape index (κ3) is 2.49. The van der Waals surface area contributed by atoms with Gasteiger partial charge in [0.25, 0.3) is 5.56 Å². The van der Waals surface area contributed by atoms with Gasteiger partial charge in [-0.3, -0.25) is 9.20 Å². The van der Waals surface area contributed by atoms with E-state index < -0.39 is 0 Å². The van der Waals surface area contributed by atoms with Gasteiger partial charge in [0, 0.05) is 27.4 Å². The molecule has 0 bridgehead atoms. The molecule has 0 fully saturated rings. The van der Waals surface area contributed by atoms with Gasteiger partial charge in [-0.15, -0.1) is 0 Å². The van der Waals surface area contributed by atoms with E-state index in [0.717, 1.165) is 55.4 Å². The lowest BCUT2D eigenvalue weighted by Crippen LogP contribution is -2.13. The Kier molecular flexibility index (Phi) is 3.67. The highest BCUT2D eigenvalue weighted by Gasteiger charge is 2.23.